The second-order valence-electron chi connectivity index (χ2n) is 6.23. The Labute approximate surface area is 100 Å². The van der Waals surface area contributed by atoms with Crippen LogP contribution >= 0.6 is 0 Å². The first-order chi connectivity index (χ1) is 7.20. The van der Waals surface area contributed by atoms with Crippen molar-refractivity contribution in [3.8, 4) is 0 Å². The topological polar surface area (TPSA) is 20.2 Å². The molecule has 0 radical (unpaired) electrons. The van der Waals surface area contributed by atoms with Gasteiger partial charge in [-0.15, -0.1) is 6.58 Å². The molecule has 1 nitrogen and oxygen atoms in total. The predicted octanol–water partition coefficient (Wildman–Crippen LogP) is 3.94. The van der Waals surface area contributed by atoms with Crippen molar-refractivity contribution in [3.05, 3.63) is 24.8 Å². The Morgan fingerprint density at radius 2 is 2.06 bits per heavy atom. The summed E-state index contributed by atoms with van der Waals surface area (Å²) in [5.41, 5.74) is 0.806. The first-order valence-corrected chi connectivity index (χ1v) is 6.22. The van der Waals surface area contributed by atoms with Crippen LogP contribution in [0.1, 0.15) is 47.0 Å². The van der Waals surface area contributed by atoms with Gasteiger partial charge in [-0.2, -0.15) is 0 Å². The fourth-order valence-corrected chi connectivity index (χ4v) is 2.98. The van der Waals surface area contributed by atoms with Gasteiger partial charge in [0, 0.05) is 0 Å². The van der Waals surface area contributed by atoms with Crippen molar-refractivity contribution in [3.63, 3.8) is 0 Å². The van der Waals surface area contributed by atoms with Gasteiger partial charge in [-0.05, 0) is 57.3 Å². The van der Waals surface area contributed by atoms with Crippen molar-refractivity contribution in [2.45, 2.75) is 52.6 Å². The molecule has 1 aliphatic rings. The van der Waals surface area contributed by atoms with Crippen LogP contribution < -0.4 is 0 Å². The number of rotatable bonds is 3. The zero-order chi connectivity index (χ0) is 12.6. The Balaban J connectivity index is 2.90. The van der Waals surface area contributed by atoms with Crippen molar-refractivity contribution in [2.24, 2.45) is 17.3 Å². The zero-order valence-electron chi connectivity index (χ0n) is 11.2. The van der Waals surface area contributed by atoms with Crippen LogP contribution in [-0.4, -0.2) is 10.7 Å². The summed E-state index contributed by atoms with van der Waals surface area (Å²) in [7, 11) is 0. The van der Waals surface area contributed by atoms with E-state index in [2.05, 4.69) is 33.1 Å². The molecule has 0 bridgehead atoms. The quantitative estimate of drug-likeness (QED) is 0.717. The summed E-state index contributed by atoms with van der Waals surface area (Å²) in [6.45, 7) is 16.3. The van der Waals surface area contributed by atoms with Crippen LogP contribution in [-0.2, 0) is 0 Å². The molecular formula is C15H26O. The van der Waals surface area contributed by atoms with Crippen molar-refractivity contribution in [2.75, 3.05) is 0 Å². The van der Waals surface area contributed by atoms with Crippen LogP contribution in [0.5, 0.6) is 0 Å². The van der Waals surface area contributed by atoms with Crippen LogP contribution in [0.25, 0.3) is 0 Å². The highest BCUT2D eigenvalue weighted by atomic mass is 16.3. The Bertz CT molecular complexity index is 284. The molecule has 3 atom stereocenters. The predicted molar refractivity (Wildman–Crippen MR) is 70.2 cm³/mol. The lowest BCUT2D eigenvalue weighted by atomic mass is 9.60. The van der Waals surface area contributed by atoms with Gasteiger partial charge in [0.1, 0.15) is 0 Å². The molecule has 1 rings (SSSR count). The molecule has 0 aliphatic heterocycles. The van der Waals surface area contributed by atoms with Crippen LogP contribution in [0.3, 0.4) is 0 Å². The zero-order valence-corrected chi connectivity index (χ0v) is 11.2. The van der Waals surface area contributed by atoms with Gasteiger partial charge in [-0.1, -0.05) is 25.2 Å². The van der Waals surface area contributed by atoms with E-state index in [-0.39, 0.29) is 5.41 Å². The molecule has 1 heteroatoms. The van der Waals surface area contributed by atoms with Gasteiger partial charge in [-0.25, -0.2) is 0 Å². The fourth-order valence-electron chi connectivity index (χ4n) is 2.98. The standard InChI is InChI=1S/C15H26O/c1-7-15(6)9-8-12(14(4,5)16)10-13(15)11(2)3/h7,12-13,16H,1-2,8-10H2,3-6H3/t12-,13+,15+/m0/s1. The van der Waals surface area contributed by atoms with E-state index in [0.29, 0.717) is 11.8 Å². The molecule has 0 aromatic carbocycles. The van der Waals surface area contributed by atoms with E-state index in [4.69, 9.17) is 0 Å². The van der Waals surface area contributed by atoms with Crippen LogP contribution in [0.4, 0.5) is 0 Å². The van der Waals surface area contributed by atoms with Gasteiger partial charge in [-0.3, -0.25) is 0 Å². The first kappa shape index (κ1) is 13.5. The highest BCUT2D eigenvalue weighted by molar-refractivity contribution is 5.12. The summed E-state index contributed by atoms with van der Waals surface area (Å²) in [6, 6.07) is 0. The summed E-state index contributed by atoms with van der Waals surface area (Å²) in [5.74, 6) is 0.831. The van der Waals surface area contributed by atoms with E-state index in [1.165, 1.54) is 5.57 Å². The molecule has 1 aliphatic carbocycles. The van der Waals surface area contributed by atoms with Crippen molar-refractivity contribution in [1.82, 2.24) is 0 Å². The Morgan fingerprint density at radius 1 is 1.50 bits per heavy atom. The third-order valence-corrected chi connectivity index (χ3v) is 4.41. The molecular weight excluding hydrogens is 196 g/mol. The molecule has 0 amide bonds. The van der Waals surface area contributed by atoms with E-state index in [0.717, 1.165) is 19.3 Å². The van der Waals surface area contributed by atoms with Gasteiger partial charge in [0.05, 0.1) is 5.60 Å². The normalized spacial score (nSPS) is 35.8. The summed E-state index contributed by atoms with van der Waals surface area (Å²) in [4.78, 5) is 0. The molecule has 16 heavy (non-hydrogen) atoms. The average Bonchev–Trinajstić information content (AvgIpc) is 2.16. The summed E-state index contributed by atoms with van der Waals surface area (Å²) >= 11 is 0. The number of aliphatic hydroxyl groups is 1. The smallest absolute Gasteiger partial charge is 0.0620 e. The Hall–Kier alpha value is -0.560. The molecule has 92 valence electrons. The molecule has 0 unspecified atom stereocenters. The molecule has 1 N–H and O–H groups in total. The van der Waals surface area contributed by atoms with Crippen molar-refractivity contribution >= 4 is 0 Å². The number of allylic oxidation sites excluding steroid dienone is 2. The summed E-state index contributed by atoms with van der Waals surface area (Å²) in [5, 5.41) is 10.1. The van der Waals surface area contributed by atoms with E-state index < -0.39 is 5.60 Å². The second-order valence-corrected chi connectivity index (χ2v) is 6.23. The monoisotopic (exact) mass is 222 g/mol. The minimum absolute atomic E-state index is 0.160. The fraction of sp³-hybridized carbons (Fsp3) is 0.733. The average molecular weight is 222 g/mol. The molecule has 1 saturated carbocycles. The minimum atomic E-state index is -0.573. The minimum Gasteiger partial charge on any atom is -0.390 e. The van der Waals surface area contributed by atoms with E-state index in [1.807, 2.05) is 13.8 Å². The largest absolute Gasteiger partial charge is 0.390 e. The maximum atomic E-state index is 10.1. The molecule has 0 aromatic rings. The Kier molecular flexibility index (Phi) is 3.69. The van der Waals surface area contributed by atoms with Crippen LogP contribution in [0, 0.1) is 17.3 Å². The van der Waals surface area contributed by atoms with Crippen LogP contribution in [0.15, 0.2) is 24.8 Å². The van der Waals surface area contributed by atoms with Gasteiger partial charge < -0.3 is 5.11 Å². The first-order valence-electron chi connectivity index (χ1n) is 6.22. The van der Waals surface area contributed by atoms with E-state index in [1.54, 1.807) is 0 Å². The lowest BCUT2D eigenvalue weighted by Gasteiger charge is -2.46. The van der Waals surface area contributed by atoms with Gasteiger partial charge in [0.15, 0.2) is 0 Å². The third-order valence-electron chi connectivity index (χ3n) is 4.41. The lowest BCUT2D eigenvalue weighted by molar-refractivity contribution is -0.0244. The number of hydrogen-bond donors (Lipinski definition) is 1. The van der Waals surface area contributed by atoms with Gasteiger partial charge >= 0.3 is 0 Å². The summed E-state index contributed by atoms with van der Waals surface area (Å²) < 4.78 is 0. The van der Waals surface area contributed by atoms with Crippen LogP contribution in [0.2, 0.25) is 0 Å². The van der Waals surface area contributed by atoms with Crippen molar-refractivity contribution in [1.29, 1.82) is 0 Å². The van der Waals surface area contributed by atoms with E-state index in [9.17, 15) is 5.11 Å². The molecule has 0 heterocycles. The third kappa shape index (κ3) is 2.57. The molecule has 1 fully saturated rings. The maximum Gasteiger partial charge on any atom is 0.0620 e. The SMILES string of the molecule is C=C[C@]1(C)CC[C@H](C(C)(C)O)C[C@@H]1C(=C)C. The molecule has 0 aromatic heterocycles. The molecule has 0 saturated heterocycles. The summed E-state index contributed by atoms with van der Waals surface area (Å²) in [6.07, 6.45) is 5.28. The highest BCUT2D eigenvalue weighted by Crippen LogP contribution is 2.49. The second kappa shape index (κ2) is 4.37. The molecule has 0 spiro atoms. The van der Waals surface area contributed by atoms with Gasteiger partial charge in [0.25, 0.3) is 0 Å². The Morgan fingerprint density at radius 3 is 2.44 bits per heavy atom. The number of hydrogen-bond acceptors (Lipinski definition) is 1. The lowest BCUT2D eigenvalue weighted by Crippen LogP contribution is -2.41. The highest BCUT2D eigenvalue weighted by Gasteiger charge is 2.42. The van der Waals surface area contributed by atoms with Gasteiger partial charge in [0.2, 0.25) is 0 Å². The van der Waals surface area contributed by atoms with Crippen molar-refractivity contribution < 1.29 is 5.11 Å². The maximum absolute atomic E-state index is 10.1. The van der Waals surface area contributed by atoms with E-state index >= 15 is 0 Å².